The zero-order chi connectivity index (χ0) is 13.3. The van der Waals surface area contributed by atoms with Gasteiger partial charge in [0.2, 0.25) is 0 Å². The number of hydrogen-bond donors (Lipinski definition) is 1. The van der Waals surface area contributed by atoms with Gasteiger partial charge in [0, 0.05) is 5.39 Å². The Morgan fingerprint density at radius 1 is 1.22 bits per heavy atom. The molecule has 4 nitrogen and oxygen atoms in total. The van der Waals surface area contributed by atoms with Crippen molar-refractivity contribution in [1.82, 2.24) is 4.98 Å². The number of nitrogens with two attached hydrogens (primary N) is 1. The molecule has 4 heteroatoms. The van der Waals surface area contributed by atoms with Gasteiger partial charge in [-0.3, -0.25) is 0 Å². The zero-order valence-corrected chi connectivity index (χ0v) is 10.7. The van der Waals surface area contributed by atoms with Crippen LogP contribution in [0.2, 0.25) is 0 Å². The lowest BCUT2D eigenvalue weighted by atomic mass is 10.1. The standard InChI is InChI=1S/C14H16N2O2/c1-14(2,3)18-13(17)10-4-6-11-9(8-10)5-7-12(15)16-11/h4-8H,1-3H3,(H2,15,16). The van der Waals surface area contributed by atoms with Gasteiger partial charge >= 0.3 is 5.97 Å². The second-order valence-electron chi connectivity index (χ2n) is 5.15. The van der Waals surface area contributed by atoms with E-state index >= 15 is 0 Å². The number of rotatable bonds is 1. The van der Waals surface area contributed by atoms with Crippen molar-refractivity contribution in [3.05, 3.63) is 35.9 Å². The topological polar surface area (TPSA) is 65.2 Å². The number of carbonyl (C=O) groups is 1. The minimum absolute atomic E-state index is 0.332. The third-order valence-electron chi connectivity index (χ3n) is 2.35. The second-order valence-corrected chi connectivity index (χ2v) is 5.15. The Morgan fingerprint density at radius 3 is 2.61 bits per heavy atom. The Labute approximate surface area is 106 Å². The van der Waals surface area contributed by atoms with Gasteiger partial charge in [0.05, 0.1) is 11.1 Å². The number of ether oxygens (including phenoxy) is 1. The summed E-state index contributed by atoms with van der Waals surface area (Å²) in [6, 6.07) is 8.77. The summed E-state index contributed by atoms with van der Waals surface area (Å²) in [5.41, 5.74) is 6.39. The summed E-state index contributed by atoms with van der Waals surface area (Å²) >= 11 is 0. The van der Waals surface area contributed by atoms with Crippen LogP contribution >= 0.6 is 0 Å². The van der Waals surface area contributed by atoms with Crippen molar-refractivity contribution in [2.75, 3.05) is 5.73 Å². The van der Waals surface area contributed by atoms with Crippen LogP contribution < -0.4 is 5.73 Å². The van der Waals surface area contributed by atoms with E-state index in [2.05, 4.69) is 4.98 Å². The Kier molecular flexibility index (Phi) is 2.95. The molecule has 2 aromatic rings. The first-order valence-electron chi connectivity index (χ1n) is 5.75. The Morgan fingerprint density at radius 2 is 1.94 bits per heavy atom. The maximum atomic E-state index is 11.9. The van der Waals surface area contributed by atoms with Crippen LogP contribution in [0.3, 0.4) is 0 Å². The molecule has 2 N–H and O–H groups in total. The van der Waals surface area contributed by atoms with E-state index in [1.165, 1.54) is 0 Å². The van der Waals surface area contributed by atoms with Gasteiger partial charge in [0.1, 0.15) is 11.4 Å². The number of aromatic nitrogens is 1. The van der Waals surface area contributed by atoms with Crippen LogP contribution in [0.4, 0.5) is 5.82 Å². The van der Waals surface area contributed by atoms with E-state index < -0.39 is 5.60 Å². The molecule has 0 saturated carbocycles. The average molecular weight is 244 g/mol. The molecular weight excluding hydrogens is 228 g/mol. The lowest BCUT2D eigenvalue weighted by molar-refractivity contribution is 0.00697. The van der Waals surface area contributed by atoms with Crippen LogP contribution in [-0.2, 0) is 4.74 Å². The van der Waals surface area contributed by atoms with Gasteiger partial charge in [-0.25, -0.2) is 9.78 Å². The molecule has 0 aliphatic heterocycles. The molecule has 94 valence electrons. The zero-order valence-electron chi connectivity index (χ0n) is 10.7. The first-order chi connectivity index (χ1) is 8.35. The molecule has 1 aromatic carbocycles. The molecule has 0 amide bonds. The summed E-state index contributed by atoms with van der Waals surface area (Å²) in [6.45, 7) is 5.52. The lowest BCUT2D eigenvalue weighted by Crippen LogP contribution is -2.23. The summed E-state index contributed by atoms with van der Waals surface area (Å²) in [7, 11) is 0. The monoisotopic (exact) mass is 244 g/mol. The third kappa shape index (κ3) is 2.77. The van der Waals surface area contributed by atoms with Gasteiger partial charge in [0.15, 0.2) is 0 Å². The highest BCUT2D eigenvalue weighted by molar-refractivity contribution is 5.94. The number of esters is 1. The molecular formula is C14H16N2O2. The molecule has 0 atom stereocenters. The van der Waals surface area contributed by atoms with E-state index in [-0.39, 0.29) is 5.97 Å². The van der Waals surface area contributed by atoms with Crippen molar-refractivity contribution in [2.45, 2.75) is 26.4 Å². The van der Waals surface area contributed by atoms with Crippen LogP contribution in [0.15, 0.2) is 30.3 Å². The van der Waals surface area contributed by atoms with Crippen LogP contribution in [0.1, 0.15) is 31.1 Å². The van der Waals surface area contributed by atoms with Gasteiger partial charge in [0.25, 0.3) is 0 Å². The SMILES string of the molecule is CC(C)(C)OC(=O)c1ccc2nc(N)ccc2c1. The minimum Gasteiger partial charge on any atom is -0.456 e. The van der Waals surface area contributed by atoms with Crippen molar-refractivity contribution >= 4 is 22.7 Å². The predicted octanol–water partition coefficient (Wildman–Crippen LogP) is 2.77. The van der Waals surface area contributed by atoms with Gasteiger partial charge in [-0.15, -0.1) is 0 Å². The van der Waals surface area contributed by atoms with E-state index in [1.807, 2.05) is 26.8 Å². The summed E-state index contributed by atoms with van der Waals surface area (Å²) in [5, 5.41) is 0.868. The minimum atomic E-state index is -0.495. The largest absolute Gasteiger partial charge is 0.456 e. The van der Waals surface area contributed by atoms with Crippen LogP contribution in [-0.4, -0.2) is 16.6 Å². The van der Waals surface area contributed by atoms with E-state index in [0.717, 1.165) is 10.9 Å². The van der Waals surface area contributed by atoms with Gasteiger partial charge in [-0.1, -0.05) is 0 Å². The molecule has 0 saturated heterocycles. The maximum Gasteiger partial charge on any atom is 0.338 e. The normalized spacial score (nSPS) is 11.5. The van der Waals surface area contributed by atoms with Crippen molar-refractivity contribution in [2.24, 2.45) is 0 Å². The molecule has 1 aromatic heterocycles. The van der Waals surface area contributed by atoms with Gasteiger partial charge in [-0.05, 0) is 51.1 Å². The van der Waals surface area contributed by atoms with E-state index in [1.54, 1.807) is 24.3 Å². The predicted molar refractivity (Wildman–Crippen MR) is 71.3 cm³/mol. The van der Waals surface area contributed by atoms with Crippen molar-refractivity contribution in [1.29, 1.82) is 0 Å². The first kappa shape index (κ1) is 12.4. The lowest BCUT2D eigenvalue weighted by Gasteiger charge is -2.19. The van der Waals surface area contributed by atoms with Crippen molar-refractivity contribution < 1.29 is 9.53 Å². The molecule has 0 bridgehead atoms. The van der Waals surface area contributed by atoms with E-state index in [9.17, 15) is 4.79 Å². The fourth-order valence-corrected chi connectivity index (χ4v) is 1.61. The Bertz CT molecular complexity index is 600. The van der Waals surface area contributed by atoms with Crippen molar-refractivity contribution in [3.8, 4) is 0 Å². The molecule has 0 unspecified atom stereocenters. The molecule has 0 aliphatic carbocycles. The number of nitrogens with zero attached hydrogens (tertiary/aromatic N) is 1. The second kappa shape index (κ2) is 4.29. The van der Waals surface area contributed by atoms with Crippen LogP contribution in [0, 0.1) is 0 Å². The van der Waals surface area contributed by atoms with Gasteiger partial charge in [-0.2, -0.15) is 0 Å². The fourth-order valence-electron chi connectivity index (χ4n) is 1.61. The molecule has 0 spiro atoms. The highest BCUT2D eigenvalue weighted by Crippen LogP contribution is 2.18. The maximum absolute atomic E-state index is 11.9. The van der Waals surface area contributed by atoms with Crippen molar-refractivity contribution in [3.63, 3.8) is 0 Å². The third-order valence-corrected chi connectivity index (χ3v) is 2.35. The molecule has 0 aliphatic rings. The number of pyridine rings is 1. The Balaban J connectivity index is 2.36. The molecule has 2 rings (SSSR count). The number of fused-ring (bicyclic) bond motifs is 1. The quantitative estimate of drug-likeness (QED) is 0.783. The van der Waals surface area contributed by atoms with Crippen LogP contribution in [0.5, 0.6) is 0 Å². The molecule has 18 heavy (non-hydrogen) atoms. The van der Waals surface area contributed by atoms with E-state index in [4.69, 9.17) is 10.5 Å². The molecule has 1 heterocycles. The van der Waals surface area contributed by atoms with Gasteiger partial charge < -0.3 is 10.5 Å². The first-order valence-corrected chi connectivity index (χ1v) is 5.75. The summed E-state index contributed by atoms with van der Waals surface area (Å²) in [6.07, 6.45) is 0. The van der Waals surface area contributed by atoms with E-state index in [0.29, 0.717) is 11.4 Å². The summed E-state index contributed by atoms with van der Waals surface area (Å²) in [4.78, 5) is 16.1. The van der Waals surface area contributed by atoms with Crippen LogP contribution in [0.25, 0.3) is 10.9 Å². The number of carbonyl (C=O) groups excluding carboxylic acids is 1. The number of benzene rings is 1. The highest BCUT2D eigenvalue weighted by atomic mass is 16.6. The molecule has 0 radical (unpaired) electrons. The molecule has 0 fully saturated rings. The number of anilines is 1. The highest BCUT2D eigenvalue weighted by Gasteiger charge is 2.17. The summed E-state index contributed by atoms with van der Waals surface area (Å²) < 4.78 is 5.31. The Hall–Kier alpha value is -2.10. The number of nitrogen functional groups attached to an aromatic ring is 1. The number of hydrogen-bond acceptors (Lipinski definition) is 4. The summed E-state index contributed by atoms with van der Waals surface area (Å²) in [5.74, 6) is 0.133. The smallest absolute Gasteiger partial charge is 0.338 e. The fraction of sp³-hybridized carbons (Fsp3) is 0.286. The average Bonchev–Trinajstić information content (AvgIpc) is 2.26.